The van der Waals surface area contributed by atoms with Crippen molar-refractivity contribution in [1.82, 2.24) is 0 Å². The molecule has 2 aromatic rings. The van der Waals surface area contributed by atoms with Gasteiger partial charge in [-0.05, 0) is 25.1 Å². The van der Waals surface area contributed by atoms with Gasteiger partial charge in [-0.15, -0.1) is 0 Å². The number of aryl methyl sites for hydroxylation is 1. The van der Waals surface area contributed by atoms with Crippen LogP contribution in [-0.4, -0.2) is 0 Å². The lowest BCUT2D eigenvalue weighted by molar-refractivity contribution is 0.476. The SMILES string of the molecule is Cc1ccc(Oc2ccccc2)c(CN)c1. The Kier molecular flexibility index (Phi) is 3.22. The largest absolute Gasteiger partial charge is 0.457 e. The van der Waals surface area contributed by atoms with Crippen molar-refractivity contribution in [3.05, 3.63) is 59.7 Å². The van der Waals surface area contributed by atoms with E-state index in [-0.39, 0.29) is 0 Å². The second-order valence-electron chi connectivity index (χ2n) is 3.73. The summed E-state index contributed by atoms with van der Waals surface area (Å²) in [6.45, 7) is 2.54. The van der Waals surface area contributed by atoms with E-state index in [2.05, 4.69) is 6.07 Å². The van der Waals surface area contributed by atoms with Crippen LogP contribution in [0.1, 0.15) is 11.1 Å². The van der Waals surface area contributed by atoms with E-state index >= 15 is 0 Å². The Hall–Kier alpha value is -1.80. The Morgan fingerprint density at radius 3 is 2.50 bits per heavy atom. The fourth-order valence-electron chi connectivity index (χ4n) is 1.58. The van der Waals surface area contributed by atoms with Gasteiger partial charge >= 0.3 is 0 Å². The average molecular weight is 213 g/mol. The molecule has 0 heterocycles. The van der Waals surface area contributed by atoms with Crippen LogP contribution >= 0.6 is 0 Å². The molecule has 0 saturated carbocycles. The second kappa shape index (κ2) is 4.81. The zero-order chi connectivity index (χ0) is 11.4. The highest BCUT2D eigenvalue weighted by Crippen LogP contribution is 2.25. The third-order valence-electron chi connectivity index (χ3n) is 2.41. The van der Waals surface area contributed by atoms with Crippen LogP contribution in [0.2, 0.25) is 0 Å². The molecule has 2 N–H and O–H groups in total. The number of ether oxygens (including phenoxy) is 1. The fraction of sp³-hybridized carbons (Fsp3) is 0.143. The smallest absolute Gasteiger partial charge is 0.131 e. The minimum absolute atomic E-state index is 0.490. The minimum atomic E-state index is 0.490. The van der Waals surface area contributed by atoms with E-state index in [0.29, 0.717) is 6.54 Å². The Bertz CT molecular complexity index is 465. The van der Waals surface area contributed by atoms with E-state index in [9.17, 15) is 0 Å². The molecule has 0 spiro atoms. The number of para-hydroxylation sites is 1. The number of nitrogens with two attached hydrogens (primary N) is 1. The molecular weight excluding hydrogens is 198 g/mol. The maximum atomic E-state index is 5.78. The van der Waals surface area contributed by atoms with Crippen LogP contribution in [0.15, 0.2) is 48.5 Å². The number of benzene rings is 2. The van der Waals surface area contributed by atoms with Crippen LogP contribution in [0, 0.1) is 6.92 Å². The van der Waals surface area contributed by atoms with Crippen molar-refractivity contribution in [2.24, 2.45) is 5.73 Å². The van der Waals surface area contributed by atoms with Gasteiger partial charge in [-0.2, -0.15) is 0 Å². The number of rotatable bonds is 3. The van der Waals surface area contributed by atoms with Crippen molar-refractivity contribution in [2.45, 2.75) is 13.5 Å². The minimum Gasteiger partial charge on any atom is -0.457 e. The summed E-state index contributed by atoms with van der Waals surface area (Å²) in [5.41, 5.74) is 7.92. The molecule has 0 aromatic heterocycles. The van der Waals surface area contributed by atoms with Crippen LogP contribution in [0.4, 0.5) is 0 Å². The molecule has 0 radical (unpaired) electrons. The van der Waals surface area contributed by atoms with Crippen LogP contribution in [0.25, 0.3) is 0 Å². The van der Waals surface area contributed by atoms with E-state index in [4.69, 9.17) is 10.5 Å². The molecule has 2 heteroatoms. The number of hydrogen-bond donors (Lipinski definition) is 1. The molecule has 2 aromatic carbocycles. The molecule has 0 atom stereocenters. The zero-order valence-corrected chi connectivity index (χ0v) is 9.31. The van der Waals surface area contributed by atoms with E-state index in [1.54, 1.807) is 0 Å². The van der Waals surface area contributed by atoms with Crippen molar-refractivity contribution < 1.29 is 4.74 Å². The number of hydrogen-bond acceptors (Lipinski definition) is 2. The molecule has 0 saturated heterocycles. The van der Waals surface area contributed by atoms with E-state index in [1.165, 1.54) is 5.56 Å². The van der Waals surface area contributed by atoms with Gasteiger partial charge in [0.25, 0.3) is 0 Å². The predicted octanol–water partition coefficient (Wildman–Crippen LogP) is 3.25. The third-order valence-corrected chi connectivity index (χ3v) is 2.41. The molecule has 0 unspecified atom stereocenters. The molecule has 0 bridgehead atoms. The summed E-state index contributed by atoms with van der Waals surface area (Å²) in [6, 6.07) is 15.8. The summed E-state index contributed by atoms with van der Waals surface area (Å²) in [5.74, 6) is 1.67. The molecule has 0 aliphatic rings. The molecule has 0 fully saturated rings. The lowest BCUT2D eigenvalue weighted by Crippen LogP contribution is -1.99. The monoisotopic (exact) mass is 213 g/mol. The summed E-state index contributed by atoms with van der Waals surface area (Å²) >= 11 is 0. The van der Waals surface area contributed by atoms with Crippen molar-refractivity contribution in [2.75, 3.05) is 0 Å². The van der Waals surface area contributed by atoms with Crippen molar-refractivity contribution in [1.29, 1.82) is 0 Å². The van der Waals surface area contributed by atoms with Gasteiger partial charge in [0.05, 0.1) is 0 Å². The van der Waals surface area contributed by atoms with Gasteiger partial charge in [0, 0.05) is 12.1 Å². The van der Waals surface area contributed by atoms with Gasteiger partial charge in [0.2, 0.25) is 0 Å². The standard InChI is InChI=1S/C14H15NO/c1-11-7-8-14(12(9-11)10-15)16-13-5-3-2-4-6-13/h2-9H,10,15H2,1H3. The van der Waals surface area contributed by atoms with E-state index in [0.717, 1.165) is 17.1 Å². The molecule has 0 aliphatic carbocycles. The Balaban J connectivity index is 2.28. The first-order valence-corrected chi connectivity index (χ1v) is 5.32. The molecule has 2 nitrogen and oxygen atoms in total. The van der Waals surface area contributed by atoms with Gasteiger partial charge < -0.3 is 10.5 Å². The maximum Gasteiger partial charge on any atom is 0.131 e. The Morgan fingerprint density at radius 2 is 1.81 bits per heavy atom. The average Bonchev–Trinajstić information content (AvgIpc) is 2.33. The van der Waals surface area contributed by atoms with Gasteiger partial charge in [-0.3, -0.25) is 0 Å². The van der Waals surface area contributed by atoms with E-state index in [1.807, 2.05) is 49.4 Å². The lowest BCUT2D eigenvalue weighted by atomic mass is 10.1. The van der Waals surface area contributed by atoms with Gasteiger partial charge in [-0.25, -0.2) is 0 Å². The zero-order valence-electron chi connectivity index (χ0n) is 9.31. The summed E-state index contributed by atoms with van der Waals surface area (Å²) in [5, 5.41) is 0. The quantitative estimate of drug-likeness (QED) is 0.849. The van der Waals surface area contributed by atoms with E-state index < -0.39 is 0 Å². The second-order valence-corrected chi connectivity index (χ2v) is 3.73. The van der Waals surface area contributed by atoms with Crippen LogP contribution in [0.5, 0.6) is 11.5 Å². The summed E-state index contributed by atoms with van der Waals surface area (Å²) in [4.78, 5) is 0. The first kappa shape index (κ1) is 10.7. The van der Waals surface area contributed by atoms with Crippen molar-refractivity contribution in [3.63, 3.8) is 0 Å². The molecular formula is C14H15NO. The highest BCUT2D eigenvalue weighted by molar-refractivity contribution is 5.40. The molecule has 2 rings (SSSR count). The summed E-state index contributed by atoms with van der Waals surface area (Å²) in [6.07, 6.45) is 0. The van der Waals surface area contributed by atoms with Crippen molar-refractivity contribution in [3.8, 4) is 11.5 Å². The lowest BCUT2D eigenvalue weighted by Gasteiger charge is -2.10. The third kappa shape index (κ3) is 2.41. The topological polar surface area (TPSA) is 35.2 Å². The predicted molar refractivity (Wildman–Crippen MR) is 65.6 cm³/mol. The normalized spacial score (nSPS) is 10.1. The van der Waals surface area contributed by atoms with Gasteiger partial charge in [-0.1, -0.05) is 35.9 Å². The first-order chi connectivity index (χ1) is 7.79. The van der Waals surface area contributed by atoms with Crippen LogP contribution in [-0.2, 0) is 6.54 Å². The highest BCUT2D eigenvalue weighted by Gasteiger charge is 2.03. The van der Waals surface area contributed by atoms with Gasteiger partial charge in [0.1, 0.15) is 11.5 Å². The molecule has 0 amide bonds. The van der Waals surface area contributed by atoms with Crippen molar-refractivity contribution >= 4 is 0 Å². The molecule has 16 heavy (non-hydrogen) atoms. The summed E-state index contributed by atoms with van der Waals surface area (Å²) in [7, 11) is 0. The molecule has 82 valence electrons. The Morgan fingerprint density at radius 1 is 1.06 bits per heavy atom. The van der Waals surface area contributed by atoms with Gasteiger partial charge in [0.15, 0.2) is 0 Å². The Labute approximate surface area is 95.7 Å². The first-order valence-electron chi connectivity index (χ1n) is 5.32. The highest BCUT2D eigenvalue weighted by atomic mass is 16.5. The van der Waals surface area contributed by atoms with Crippen LogP contribution in [0.3, 0.4) is 0 Å². The summed E-state index contributed by atoms with van der Waals surface area (Å²) < 4.78 is 5.78. The maximum absolute atomic E-state index is 5.78. The van der Waals surface area contributed by atoms with Crippen LogP contribution < -0.4 is 10.5 Å². The fourth-order valence-corrected chi connectivity index (χ4v) is 1.58. The molecule has 0 aliphatic heterocycles.